The Balaban J connectivity index is 1.62. The fourth-order valence-electron chi connectivity index (χ4n) is 4.19. The van der Waals surface area contributed by atoms with Crippen LogP contribution in [0.15, 0.2) is 72.8 Å². The Labute approximate surface area is 199 Å². The van der Waals surface area contributed by atoms with Gasteiger partial charge in [0.05, 0.1) is 30.5 Å². The molecule has 8 heteroatoms. The minimum atomic E-state index is -1.19. The number of Topliss-reactive ketones (excluding diaryl/α,β-unsaturated/α-hetero) is 2. The van der Waals surface area contributed by atoms with Crippen LogP contribution in [-0.2, 0) is 9.59 Å². The Morgan fingerprint density at radius 3 is 2.26 bits per heavy atom. The fraction of sp³-hybridized carbons (Fsp3) is 0.154. The Hall–Kier alpha value is -4.04. The summed E-state index contributed by atoms with van der Waals surface area (Å²) in [5.41, 5.74) is 1.70. The van der Waals surface area contributed by atoms with Gasteiger partial charge >= 0.3 is 0 Å². The van der Waals surface area contributed by atoms with Gasteiger partial charge in [-0.15, -0.1) is 0 Å². The zero-order valence-electron chi connectivity index (χ0n) is 18.4. The van der Waals surface area contributed by atoms with Gasteiger partial charge in [0.25, 0.3) is 5.91 Å². The van der Waals surface area contributed by atoms with E-state index in [2.05, 4.69) is 4.98 Å². The van der Waals surface area contributed by atoms with Crippen LogP contribution in [0.4, 0.5) is 5.13 Å². The number of aromatic nitrogens is 1. The molecule has 5 rings (SSSR count). The van der Waals surface area contributed by atoms with Crippen molar-refractivity contribution in [3.63, 3.8) is 0 Å². The highest BCUT2D eigenvalue weighted by atomic mass is 32.1. The Bertz CT molecular complexity index is 1400. The first-order chi connectivity index (χ1) is 16.5. The summed E-state index contributed by atoms with van der Waals surface area (Å²) in [6.07, 6.45) is 0. The maximum absolute atomic E-state index is 13.5. The van der Waals surface area contributed by atoms with Crippen molar-refractivity contribution in [3.8, 4) is 11.5 Å². The lowest BCUT2D eigenvalue weighted by Gasteiger charge is -2.25. The number of carbonyl (C=O) groups excluding carboxylic acids is 3. The molecule has 170 valence electrons. The van der Waals surface area contributed by atoms with Crippen molar-refractivity contribution in [2.45, 2.75) is 6.04 Å². The van der Waals surface area contributed by atoms with E-state index < -0.39 is 29.4 Å². The Morgan fingerprint density at radius 1 is 0.912 bits per heavy atom. The van der Waals surface area contributed by atoms with Crippen molar-refractivity contribution < 1.29 is 23.9 Å². The highest BCUT2D eigenvalue weighted by Crippen LogP contribution is 2.44. The molecule has 2 unspecified atom stereocenters. The van der Waals surface area contributed by atoms with E-state index >= 15 is 0 Å². The van der Waals surface area contributed by atoms with Gasteiger partial charge in [-0.1, -0.05) is 41.7 Å². The number of thiazole rings is 1. The molecule has 2 heterocycles. The van der Waals surface area contributed by atoms with Crippen molar-refractivity contribution in [2.75, 3.05) is 19.1 Å². The summed E-state index contributed by atoms with van der Waals surface area (Å²) in [6, 6.07) is 20.2. The van der Waals surface area contributed by atoms with Crippen LogP contribution >= 0.6 is 11.3 Å². The number of carbonyl (C=O) groups is 3. The van der Waals surface area contributed by atoms with E-state index in [9.17, 15) is 14.4 Å². The first-order valence-corrected chi connectivity index (χ1v) is 11.4. The van der Waals surface area contributed by atoms with Gasteiger partial charge in [0.2, 0.25) is 5.78 Å². The number of ketones is 2. The number of anilines is 1. The molecule has 3 aromatic carbocycles. The molecule has 4 aromatic rings. The second-order valence-corrected chi connectivity index (χ2v) is 8.80. The molecule has 0 saturated carbocycles. The molecule has 1 aliphatic heterocycles. The molecule has 1 amide bonds. The van der Waals surface area contributed by atoms with Crippen molar-refractivity contribution in [1.29, 1.82) is 0 Å². The second kappa shape index (κ2) is 8.72. The molecule has 1 fully saturated rings. The summed E-state index contributed by atoms with van der Waals surface area (Å²) < 4.78 is 11.3. The highest BCUT2D eigenvalue weighted by Gasteiger charge is 2.53. The van der Waals surface area contributed by atoms with Gasteiger partial charge in [-0.05, 0) is 48.0 Å². The van der Waals surface area contributed by atoms with E-state index in [1.165, 1.54) is 23.3 Å². The lowest BCUT2D eigenvalue weighted by molar-refractivity contribution is -0.135. The average molecular weight is 473 g/mol. The lowest BCUT2D eigenvalue weighted by Crippen LogP contribution is -2.30. The first kappa shape index (κ1) is 21.8. The quantitative estimate of drug-likeness (QED) is 0.234. The summed E-state index contributed by atoms with van der Waals surface area (Å²) in [5, 5.41) is 0.362. The van der Waals surface area contributed by atoms with Crippen LogP contribution in [0.3, 0.4) is 0 Å². The number of methoxy groups -OCH3 is 2. The van der Waals surface area contributed by atoms with Crippen LogP contribution in [0.2, 0.25) is 0 Å². The van der Waals surface area contributed by atoms with Gasteiger partial charge in [-0.3, -0.25) is 19.3 Å². The highest BCUT2D eigenvalue weighted by molar-refractivity contribution is 7.22. The lowest BCUT2D eigenvalue weighted by atomic mass is 9.86. The fourth-order valence-corrected chi connectivity index (χ4v) is 5.22. The number of fused-ring (bicyclic) bond motifs is 1. The molecule has 0 spiro atoms. The summed E-state index contributed by atoms with van der Waals surface area (Å²) in [5.74, 6) is -1.83. The maximum atomic E-state index is 13.5. The molecule has 0 radical (unpaired) electrons. The number of hydrogen-bond acceptors (Lipinski definition) is 7. The molecule has 7 nitrogen and oxygen atoms in total. The SMILES string of the molecule is COc1ccc(C(=O)C2C(=O)C(=O)N(c3nc4ccc(OC)cc4s3)C2c2ccccc2)cc1. The topological polar surface area (TPSA) is 85.8 Å². The van der Waals surface area contributed by atoms with Crippen molar-refractivity contribution in [1.82, 2.24) is 4.98 Å². The predicted octanol–water partition coefficient (Wildman–Crippen LogP) is 4.47. The monoisotopic (exact) mass is 472 g/mol. The minimum Gasteiger partial charge on any atom is -0.497 e. The van der Waals surface area contributed by atoms with Gasteiger partial charge in [0.1, 0.15) is 17.4 Å². The maximum Gasteiger partial charge on any atom is 0.297 e. The molecule has 1 aliphatic rings. The minimum absolute atomic E-state index is 0.337. The standard InChI is InChI=1S/C26H20N2O5S/c1-32-17-10-8-16(9-11-17)23(29)21-22(15-6-4-3-5-7-15)28(25(31)24(21)30)26-27-19-13-12-18(33-2)14-20(19)34-26/h3-14,21-22H,1-2H3. The van der Waals surface area contributed by atoms with Crippen LogP contribution in [0.5, 0.6) is 11.5 Å². The van der Waals surface area contributed by atoms with E-state index in [1.807, 2.05) is 36.4 Å². The third kappa shape index (κ3) is 3.62. The molecule has 1 aromatic heterocycles. The molecular weight excluding hydrogens is 452 g/mol. The third-order valence-corrected chi connectivity index (χ3v) is 6.91. The van der Waals surface area contributed by atoms with E-state index in [1.54, 1.807) is 43.5 Å². The molecular formula is C26H20N2O5S. The van der Waals surface area contributed by atoms with Crippen LogP contribution in [0.1, 0.15) is 22.0 Å². The molecule has 1 saturated heterocycles. The number of rotatable bonds is 6. The molecule has 0 N–H and O–H groups in total. The van der Waals surface area contributed by atoms with Crippen LogP contribution in [0, 0.1) is 5.92 Å². The van der Waals surface area contributed by atoms with Crippen molar-refractivity contribution >= 4 is 44.2 Å². The normalized spacial score (nSPS) is 17.9. The van der Waals surface area contributed by atoms with Gasteiger partial charge in [-0.2, -0.15) is 0 Å². The number of nitrogens with zero attached hydrogens (tertiary/aromatic N) is 2. The van der Waals surface area contributed by atoms with Gasteiger partial charge in [0.15, 0.2) is 10.9 Å². The Morgan fingerprint density at radius 2 is 1.59 bits per heavy atom. The molecule has 2 atom stereocenters. The summed E-state index contributed by atoms with van der Waals surface area (Å²) in [6.45, 7) is 0. The smallest absolute Gasteiger partial charge is 0.297 e. The molecule has 0 aliphatic carbocycles. The van der Waals surface area contributed by atoms with E-state index in [-0.39, 0.29) is 0 Å². The van der Waals surface area contributed by atoms with Crippen LogP contribution < -0.4 is 14.4 Å². The number of hydrogen-bond donors (Lipinski definition) is 0. The zero-order valence-corrected chi connectivity index (χ0v) is 19.2. The zero-order chi connectivity index (χ0) is 23.8. The van der Waals surface area contributed by atoms with E-state index in [0.29, 0.717) is 33.3 Å². The molecule has 0 bridgehead atoms. The van der Waals surface area contributed by atoms with Crippen LogP contribution in [0.25, 0.3) is 10.2 Å². The first-order valence-electron chi connectivity index (χ1n) is 10.6. The Kier molecular flexibility index (Phi) is 5.59. The van der Waals surface area contributed by atoms with Crippen molar-refractivity contribution in [2.24, 2.45) is 5.92 Å². The van der Waals surface area contributed by atoms with E-state index in [4.69, 9.17) is 9.47 Å². The van der Waals surface area contributed by atoms with Gasteiger partial charge < -0.3 is 9.47 Å². The number of amides is 1. The number of benzene rings is 3. The summed E-state index contributed by atoms with van der Waals surface area (Å²) >= 11 is 1.28. The average Bonchev–Trinajstić information content (AvgIpc) is 3.41. The van der Waals surface area contributed by atoms with Gasteiger partial charge in [-0.25, -0.2) is 4.98 Å². The summed E-state index contributed by atoms with van der Waals surface area (Å²) in [7, 11) is 3.11. The molecule has 34 heavy (non-hydrogen) atoms. The second-order valence-electron chi connectivity index (χ2n) is 7.80. The third-order valence-electron chi connectivity index (χ3n) is 5.89. The summed E-state index contributed by atoms with van der Waals surface area (Å²) in [4.78, 5) is 46.0. The van der Waals surface area contributed by atoms with Gasteiger partial charge in [0, 0.05) is 5.56 Å². The largest absolute Gasteiger partial charge is 0.497 e. The van der Waals surface area contributed by atoms with Crippen LogP contribution in [-0.4, -0.2) is 36.7 Å². The van der Waals surface area contributed by atoms with E-state index in [0.717, 1.165) is 4.70 Å². The predicted molar refractivity (Wildman–Crippen MR) is 129 cm³/mol. The van der Waals surface area contributed by atoms with Crippen molar-refractivity contribution in [3.05, 3.63) is 83.9 Å². The number of ether oxygens (including phenoxy) is 2.